The molecule has 1 unspecified atom stereocenters. The Hall–Kier alpha value is -1.32. The minimum atomic E-state index is -0.642. The Morgan fingerprint density at radius 1 is 1.18 bits per heavy atom. The lowest BCUT2D eigenvalue weighted by Crippen LogP contribution is -2.01. The maximum Gasteiger partial charge on any atom is 0.121 e. The van der Waals surface area contributed by atoms with E-state index >= 15 is 0 Å². The predicted octanol–water partition coefficient (Wildman–Crippen LogP) is 3.28. The van der Waals surface area contributed by atoms with E-state index in [2.05, 4.69) is 11.9 Å². The van der Waals surface area contributed by atoms with Crippen molar-refractivity contribution >= 4 is 11.8 Å². The summed E-state index contributed by atoms with van der Waals surface area (Å²) in [4.78, 5) is 5.38. The molecule has 0 aliphatic heterocycles. The van der Waals surface area contributed by atoms with Gasteiger partial charge in [0.15, 0.2) is 0 Å². The van der Waals surface area contributed by atoms with E-state index in [1.165, 1.54) is 4.90 Å². The van der Waals surface area contributed by atoms with E-state index in [4.69, 9.17) is 0 Å². The van der Waals surface area contributed by atoms with Gasteiger partial charge in [0.2, 0.25) is 0 Å². The van der Waals surface area contributed by atoms with Gasteiger partial charge in [0.1, 0.15) is 6.10 Å². The van der Waals surface area contributed by atoms with Gasteiger partial charge in [-0.05, 0) is 35.6 Å². The molecule has 0 saturated heterocycles. The van der Waals surface area contributed by atoms with Crippen LogP contribution in [0, 0.1) is 0 Å². The summed E-state index contributed by atoms with van der Waals surface area (Å²) in [5.41, 5.74) is 1.56. The van der Waals surface area contributed by atoms with Crippen molar-refractivity contribution in [3.8, 4) is 0 Å². The average Bonchev–Trinajstić information content (AvgIpc) is 2.40. The maximum atomic E-state index is 10.1. The molecule has 0 spiro atoms. The van der Waals surface area contributed by atoms with Crippen LogP contribution in [0.15, 0.2) is 53.6 Å². The van der Waals surface area contributed by atoms with Gasteiger partial charge in [-0.1, -0.05) is 25.1 Å². The number of hydrogen-bond acceptors (Lipinski definition) is 3. The lowest BCUT2D eigenvalue weighted by atomic mass is 10.1. The Labute approximate surface area is 106 Å². The van der Waals surface area contributed by atoms with E-state index in [0.29, 0.717) is 5.69 Å². The van der Waals surface area contributed by atoms with Gasteiger partial charge in [0.25, 0.3) is 0 Å². The van der Waals surface area contributed by atoms with Crippen molar-refractivity contribution in [3.05, 3.63) is 59.9 Å². The molecule has 0 bridgehead atoms. The van der Waals surface area contributed by atoms with Crippen LogP contribution in [-0.4, -0.2) is 15.8 Å². The number of pyridine rings is 1. The first-order valence-electron chi connectivity index (χ1n) is 5.63. The summed E-state index contributed by atoms with van der Waals surface area (Å²) >= 11 is 1.79. The van der Waals surface area contributed by atoms with Crippen LogP contribution in [-0.2, 0) is 0 Å². The topological polar surface area (TPSA) is 33.1 Å². The number of aliphatic hydroxyl groups excluding tert-OH is 1. The number of thioether (sulfide) groups is 1. The first kappa shape index (κ1) is 12.1. The molecule has 1 N–H and O–H groups in total. The molecule has 0 aliphatic carbocycles. The van der Waals surface area contributed by atoms with Crippen LogP contribution in [0.3, 0.4) is 0 Å². The number of rotatable bonds is 4. The van der Waals surface area contributed by atoms with Gasteiger partial charge in [0, 0.05) is 11.1 Å². The fourth-order valence-corrected chi connectivity index (χ4v) is 2.28. The molecule has 2 rings (SSSR count). The molecule has 0 aliphatic rings. The van der Waals surface area contributed by atoms with E-state index in [-0.39, 0.29) is 0 Å². The first-order valence-corrected chi connectivity index (χ1v) is 6.61. The first-order chi connectivity index (χ1) is 8.31. The van der Waals surface area contributed by atoms with E-state index < -0.39 is 6.10 Å². The number of benzene rings is 1. The largest absolute Gasteiger partial charge is 0.382 e. The smallest absolute Gasteiger partial charge is 0.121 e. The summed E-state index contributed by atoms with van der Waals surface area (Å²) < 4.78 is 0. The van der Waals surface area contributed by atoms with Crippen molar-refractivity contribution in [3.63, 3.8) is 0 Å². The van der Waals surface area contributed by atoms with Gasteiger partial charge in [0.05, 0.1) is 5.69 Å². The Bertz CT molecular complexity index is 455. The highest BCUT2D eigenvalue weighted by molar-refractivity contribution is 7.99. The SMILES string of the molecule is CCSc1ccc(C(O)c2ccccn2)cc1. The molecule has 3 heteroatoms. The second-order valence-corrected chi connectivity index (χ2v) is 5.00. The Balaban J connectivity index is 2.17. The van der Waals surface area contributed by atoms with Crippen LogP contribution in [0.4, 0.5) is 0 Å². The third-order valence-corrected chi connectivity index (χ3v) is 3.37. The normalized spacial score (nSPS) is 12.4. The number of aromatic nitrogens is 1. The molecule has 0 fully saturated rings. The van der Waals surface area contributed by atoms with E-state index in [1.807, 2.05) is 42.5 Å². The Morgan fingerprint density at radius 3 is 2.53 bits per heavy atom. The van der Waals surface area contributed by atoms with Crippen molar-refractivity contribution in [2.75, 3.05) is 5.75 Å². The van der Waals surface area contributed by atoms with Crippen LogP contribution >= 0.6 is 11.8 Å². The van der Waals surface area contributed by atoms with Gasteiger partial charge in [-0.2, -0.15) is 0 Å². The highest BCUT2D eigenvalue weighted by Gasteiger charge is 2.10. The lowest BCUT2D eigenvalue weighted by Gasteiger charge is -2.10. The number of aliphatic hydroxyl groups is 1. The lowest BCUT2D eigenvalue weighted by molar-refractivity contribution is 0.215. The molecule has 1 atom stereocenters. The summed E-state index contributed by atoms with van der Waals surface area (Å²) in [7, 11) is 0. The third kappa shape index (κ3) is 3.08. The average molecular weight is 245 g/mol. The monoisotopic (exact) mass is 245 g/mol. The second-order valence-electron chi connectivity index (χ2n) is 3.66. The van der Waals surface area contributed by atoms with Crippen molar-refractivity contribution in [1.82, 2.24) is 4.98 Å². The molecule has 2 aromatic rings. The number of hydrogen-bond donors (Lipinski definition) is 1. The van der Waals surface area contributed by atoms with E-state index in [0.717, 1.165) is 11.3 Å². The van der Waals surface area contributed by atoms with Crippen LogP contribution in [0.1, 0.15) is 24.3 Å². The summed E-state index contributed by atoms with van der Waals surface area (Å²) in [6, 6.07) is 13.5. The van der Waals surface area contributed by atoms with E-state index in [1.54, 1.807) is 18.0 Å². The molecular formula is C14H15NOS. The summed E-state index contributed by atoms with van der Waals surface area (Å²) in [5.74, 6) is 1.06. The molecule has 0 saturated carbocycles. The second kappa shape index (κ2) is 5.84. The van der Waals surface area contributed by atoms with Gasteiger partial charge in [-0.3, -0.25) is 4.98 Å². The fourth-order valence-electron chi connectivity index (χ4n) is 1.62. The third-order valence-electron chi connectivity index (χ3n) is 2.47. The molecule has 2 nitrogen and oxygen atoms in total. The fraction of sp³-hybridized carbons (Fsp3) is 0.214. The molecular weight excluding hydrogens is 230 g/mol. The van der Waals surface area contributed by atoms with Crippen molar-refractivity contribution in [2.45, 2.75) is 17.9 Å². The molecule has 1 heterocycles. The Morgan fingerprint density at radius 2 is 1.94 bits per heavy atom. The predicted molar refractivity (Wildman–Crippen MR) is 71.1 cm³/mol. The van der Waals surface area contributed by atoms with Gasteiger partial charge >= 0.3 is 0 Å². The zero-order chi connectivity index (χ0) is 12.1. The van der Waals surface area contributed by atoms with Crippen molar-refractivity contribution in [1.29, 1.82) is 0 Å². The summed E-state index contributed by atoms with van der Waals surface area (Å²) in [6.07, 6.45) is 1.05. The van der Waals surface area contributed by atoms with Gasteiger partial charge in [-0.15, -0.1) is 11.8 Å². The van der Waals surface area contributed by atoms with Crippen LogP contribution in [0.2, 0.25) is 0 Å². The highest BCUT2D eigenvalue weighted by atomic mass is 32.2. The van der Waals surface area contributed by atoms with Crippen molar-refractivity contribution in [2.24, 2.45) is 0 Å². The molecule has 1 aromatic carbocycles. The molecule has 0 amide bonds. The molecule has 17 heavy (non-hydrogen) atoms. The number of nitrogens with zero attached hydrogens (tertiary/aromatic N) is 1. The molecule has 0 radical (unpaired) electrons. The standard InChI is InChI=1S/C14H15NOS/c1-2-17-12-8-6-11(7-9-12)14(16)13-5-3-4-10-15-13/h3-10,14,16H,2H2,1H3. The molecule has 88 valence electrons. The maximum absolute atomic E-state index is 10.1. The molecule has 1 aromatic heterocycles. The van der Waals surface area contributed by atoms with Crippen LogP contribution in [0.5, 0.6) is 0 Å². The van der Waals surface area contributed by atoms with Crippen LogP contribution in [0.25, 0.3) is 0 Å². The Kier molecular flexibility index (Phi) is 4.18. The highest BCUT2D eigenvalue weighted by Crippen LogP contribution is 2.23. The van der Waals surface area contributed by atoms with Crippen LogP contribution < -0.4 is 0 Å². The van der Waals surface area contributed by atoms with Gasteiger partial charge < -0.3 is 5.11 Å². The summed E-state index contributed by atoms with van der Waals surface area (Å²) in [6.45, 7) is 2.13. The quantitative estimate of drug-likeness (QED) is 0.839. The summed E-state index contributed by atoms with van der Waals surface area (Å²) in [5, 5.41) is 10.1. The van der Waals surface area contributed by atoms with Crippen molar-refractivity contribution < 1.29 is 5.11 Å². The minimum absolute atomic E-state index is 0.642. The minimum Gasteiger partial charge on any atom is -0.382 e. The van der Waals surface area contributed by atoms with Gasteiger partial charge in [-0.25, -0.2) is 0 Å². The van der Waals surface area contributed by atoms with E-state index in [9.17, 15) is 5.11 Å². The zero-order valence-corrected chi connectivity index (χ0v) is 10.5. The zero-order valence-electron chi connectivity index (χ0n) is 9.71.